The third-order valence-electron chi connectivity index (χ3n) is 4.34. The maximum atomic E-state index is 12.7. The summed E-state index contributed by atoms with van der Waals surface area (Å²) >= 11 is 1.46. The molecule has 1 aliphatic rings. The van der Waals surface area contributed by atoms with Crippen molar-refractivity contribution >= 4 is 34.4 Å². The third-order valence-corrected chi connectivity index (χ3v) is 5.44. The highest BCUT2D eigenvalue weighted by molar-refractivity contribution is 7.99. The molecule has 1 unspecified atom stereocenters. The third kappa shape index (κ3) is 3.12. The van der Waals surface area contributed by atoms with Gasteiger partial charge in [-0.15, -0.1) is 0 Å². The van der Waals surface area contributed by atoms with Gasteiger partial charge in [0.25, 0.3) is 5.56 Å². The first-order valence-corrected chi connectivity index (χ1v) is 9.19. The van der Waals surface area contributed by atoms with Crippen LogP contribution in [-0.2, 0) is 4.79 Å². The number of fused-ring (bicyclic) bond motifs is 2. The molecule has 9 nitrogen and oxygen atoms in total. The molecule has 4 rings (SSSR count). The number of amides is 1. The number of hydrogen-bond donors (Lipinski definition) is 2. The zero-order chi connectivity index (χ0) is 19.0. The molecule has 2 aromatic heterocycles. The number of anilines is 1. The maximum Gasteiger partial charge on any atom is 0.265 e. The van der Waals surface area contributed by atoms with Gasteiger partial charge in [-0.25, -0.2) is 4.98 Å². The van der Waals surface area contributed by atoms with E-state index >= 15 is 0 Å². The fourth-order valence-electron chi connectivity index (χ4n) is 3.05. The molecular weight excluding hydrogens is 370 g/mol. The van der Waals surface area contributed by atoms with Crippen molar-refractivity contribution in [3.8, 4) is 11.5 Å². The van der Waals surface area contributed by atoms with Gasteiger partial charge in [-0.3, -0.25) is 19.3 Å². The molecule has 1 aromatic carbocycles. The largest absolute Gasteiger partial charge is 0.493 e. The molecule has 140 valence electrons. The lowest BCUT2D eigenvalue weighted by Crippen LogP contribution is -2.27. The number of rotatable bonds is 5. The number of carbonyl (C=O) groups excluding carboxylic acids is 1. The molecule has 0 saturated carbocycles. The Balaban J connectivity index is 1.53. The Kier molecular flexibility index (Phi) is 4.48. The van der Waals surface area contributed by atoms with Crippen LogP contribution in [0.1, 0.15) is 12.5 Å². The Morgan fingerprint density at radius 3 is 2.96 bits per heavy atom. The summed E-state index contributed by atoms with van der Waals surface area (Å²) in [5.74, 6) is 1.53. The van der Waals surface area contributed by atoms with E-state index in [-0.39, 0.29) is 23.9 Å². The average molecular weight is 387 g/mol. The van der Waals surface area contributed by atoms with Crippen LogP contribution in [0.25, 0.3) is 11.0 Å². The van der Waals surface area contributed by atoms with Crippen molar-refractivity contribution in [1.82, 2.24) is 19.7 Å². The predicted octanol–water partition coefficient (Wildman–Crippen LogP) is 1.81. The van der Waals surface area contributed by atoms with Gasteiger partial charge in [-0.1, -0.05) is 11.8 Å². The number of thioether (sulfide) groups is 1. The second kappa shape index (κ2) is 6.95. The number of benzene rings is 1. The second-order valence-electron chi connectivity index (χ2n) is 5.99. The lowest BCUT2D eigenvalue weighted by molar-refractivity contribution is -0.116. The molecule has 0 radical (unpaired) electrons. The first kappa shape index (κ1) is 17.4. The minimum Gasteiger partial charge on any atom is -0.493 e. The van der Waals surface area contributed by atoms with E-state index in [2.05, 4.69) is 20.5 Å². The summed E-state index contributed by atoms with van der Waals surface area (Å²) in [5.41, 5.74) is 0.881. The number of hydrogen-bond acceptors (Lipinski definition) is 7. The van der Waals surface area contributed by atoms with Gasteiger partial charge in [0.2, 0.25) is 5.91 Å². The topological polar surface area (TPSA) is 111 Å². The molecule has 0 saturated heterocycles. The van der Waals surface area contributed by atoms with E-state index < -0.39 is 0 Å². The van der Waals surface area contributed by atoms with Gasteiger partial charge < -0.3 is 14.8 Å². The highest BCUT2D eigenvalue weighted by Gasteiger charge is 2.29. The Bertz CT molecular complexity index is 1080. The quantitative estimate of drug-likeness (QED) is 0.642. The summed E-state index contributed by atoms with van der Waals surface area (Å²) in [7, 11) is 3.08. The summed E-state index contributed by atoms with van der Waals surface area (Å²) in [5, 5.41) is 10.4. The molecule has 0 aliphatic carbocycles. The van der Waals surface area contributed by atoms with E-state index in [1.54, 1.807) is 29.9 Å². The highest BCUT2D eigenvalue weighted by Crippen LogP contribution is 2.33. The van der Waals surface area contributed by atoms with Gasteiger partial charge in [0.15, 0.2) is 22.3 Å². The van der Waals surface area contributed by atoms with Crippen LogP contribution in [0, 0.1) is 0 Å². The molecule has 3 heterocycles. The molecule has 0 bridgehead atoms. The number of H-pyrrole nitrogens is 1. The van der Waals surface area contributed by atoms with Crippen LogP contribution in [0.15, 0.2) is 34.3 Å². The fourth-order valence-corrected chi connectivity index (χ4v) is 4.18. The van der Waals surface area contributed by atoms with Crippen LogP contribution < -0.4 is 20.3 Å². The zero-order valence-corrected chi connectivity index (χ0v) is 15.5. The van der Waals surface area contributed by atoms with Crippen LogP contribution in [0.2, 0.25) is 0 Å². The first-order chi connectivity index (χ1) is 13.1. The highest BCUT2D eigenvalue weighted by atomic mass is 32.2. The van der Waals surface area contributed by atoms with Crippen molar-refractivity contribution in [1.29, 1.82) is 0 Å². The smallest absolute Gasteiger partial charge is 0.265 e. The van der Waals surface area contributed by atoms with Crippen LogP contribution in [0.3, 0.4) is 0 Å². The summed E-state index contributed by atoms with van der Waals surface area (Å²) in [6.07, 6.45) is 1.63. The van der Waals surface area contributed by atoms with Gasteiger partial charge >= 0.3 is 0 Å². The monoisotopic (exact) mass is 387 g/mol. The number of carbonyl (C=O) groups is 1. The van der Waals surface area contributed by atoms with E-state index in [9.17, 15) is 9.59 Å². The molecule has 1 aliphatic heterocycles. The molecule has 3 aromatic rings. The van der Waals surface area contributed by atoms with Crippen molar-refractivity contribution in [3.63, 3.8) is 0 Å². The molecule has 0 spiro atoms. The number of aromatic amines is 1. The van der Waals surface area contributed by atoms with Gasteiger partial charge in [0, 0.05) is 23.9 Å². The van der Waals surface area contributed by atoms with Crippen molar-refractivity contribution in [2.24, 2.45) is 0 Å². The standard InChI is InChI=1S/C17H17N5O4S/c1-25-12-4-3-9(5-13(12)26-2)19-14(23)6-10-8-27-17-20-15-11(7-18-21-15)16(24)22(10)17/h3-5,7,10H,6,8H2,1-2H3,(H,18,21)(H,19,23). The second-order valence-corrected chi connectivity index (χ2v) is 6.98. The molecule has 1 amide bonds. The van der Waals surface area contributed by atoms with Crippen LogP contribution >= 0.6 is 11.8 Å². The minimum atomic E-state index is -0.260. The van der Waals surface area contributed by atoms with Crippen LogP contribution in [-0.4, -0.2) is 45.6 Å². The van der Waals surface area contributed by atoms with E-state index in [1.807, 2.05) is 0 Å². The Morgan fingerprint density at radius 1 is 1.37 bits per heavy atom. The van der Waals surface area contributed by atoms with Crippen molar-refractivity contribution in [3.05, 3.63) is 34.7 Å². The molecule has 10 heteroatoms. The normalized spacial score (nSPS) is 15.6. The Hall–Kier alpha value is -3.01. The van der Waals surface area contributed by atoms with Gasteiger partial charge in [-0.2, -0.15) is 5.10 Å². The molecule has 27 heavy (non-hydrogen) atoms. The van der Waals surface area contributed by atoms with E-state index in [0.717, 1.165) is 0 Å². The predicted molar refractivity (Wildman–Crippen MR) is 101 cm³/mol. The van der Waals surface area contributed by atoms with E-state index in [1.165, 1.54) is 25.1 Å². The van der Waals surface area contributed by atoms with Gasteiger partial charge in [0.05, 0.1) is 26.5 Å². The van der Waals surface area contributed by atoms with Crippen molar-refractivity contribution < 1.29 is 14.3 Å². The van der Waals surface area contributed by atoms with Gasteiger partial charge in [0.1, 0.15) is 5.39 Å². The average Bonchev–Trinajstić information content (AvgIpc) is 3.29. The number of methoxy groups -OCH3 is 2. The minimum absolute atomic E-state index is 0.166. The van der Waals surface area contributed by atoms with E-state index in [0.29, 0.717) is 39.1 Å². The summed E-state index contributed by atoms with van der Waals surface area (Å²) in [6, 6.07) is 4.89. The number of aromatic nitrogens is 4. The van der Waals surface area contributed by atoms with Crippen molar-refractivity contribution in [2.45, 2.75) is 17.6 Å². The molecule has 0 fully saturated rings. The van der Waals surface area contributed by atoms with Crippen LogP contribution in [0.5, 0.6) is 11.5 Å². The summed E-state index contributed by atoms with van der Waals surface area (Å²) in [6.45, 7) is 0. The molecular formula is C17H17N5O4S. The number of ether oxygens (including phenoxy) is 2. The number of nitrogens with zero attached hydrogens (tertiary/aromatic N) is 3. The zero-order valence-electron chi connectivity index (χ0n) is 14.7. The van der Waals surface area contributed by atoms with Gasteiger partial charge in [-0.05, 0) is 12.1 Å². The SMILES string of the molecule is COc1ccc(NC(=O)CC2CSc3nc4[nH]ncc4c(=O)n32)cc1OC. The summed E-state index contributed by atoms with van der Waals surface area (Å²) < 4.78 is 12.0. The number of nitrogens with one attached hydrogen (secondary N) is 2. The Labute approximate surface area is 158 Å². The Morgan fingerprint density at radius 2 is 2.19 bits per heavy atom. The lowest BCUT2D eigenvalue weighted by Gasteiger charge is -2.14. The van der Waals surface area contributed by atoms with Crippen molar-refractivity contribution in [2.75, 3.05) is 25.3 Å². The van der Waals surface area contributed by atoms with E-state index in [4.69, 9.17) is 9.47 Å². The first-order valence-electron chi connectivity index (χ1n) is 8.21. The lowest BCUT2D eigenvalue weighted by atomic mass is 10.2. The maximum absolute atomic E-state index is 12.7. The van der Waals surface area contributed by atoms with Crippen LogP contribution in [0.4, 0.5) is 5.69 Å². The molecule has 1 atom stereocenters. The molecule has 2 N–H and O–H groups in total. The fraction of sp³-hybridized carbons (Fsp3) is 0.294. The summed E-state index contributed by atoms with van der Waals surface area (Å²) in [4.78, 5) is 29.6.